The Hall–Kier alpha value is -1.30. The van der Waals surface area contributed by atoms with Crippen LogP contribution in [-0.2, 0) is 38.6 Å². The van der Waals surface area contributed by atoms with Crippen molar-refractivity contribution in [3.8, 4) is 0 Å². The highest BCUT2D eigenvalue weighted by molar-refractivity contribution is 5.82. The molecule has 2 N–H and O–H groups in total. The first-order valence-corrected chi connectivity index (χ1v) is 15.3. The molecule has 0 amide bonds. The first kappa shape index (κ1) is 33.9. The third kappa shape index (κ3) is 14.2. The number of hydrogen-bond acceptors (Lipinski definition) is 10. The van der Waals surface area contributed by atoms with Gasteiger partial charge in [-0.3, -0.25) is 9.59 Å². The van der Waals surface area contributed by atoms with Gasteiger partial charge in [0.2, 0.25) is 0 Å². The van der Waals surface area contributed by atoms with Crippen molar-refractivity contribution >= 4 is 11.9 Å². The maximum Gasteiger partial charge on any atom is 0.323 e. The molecule has 2 aliphatic carbocycles. The van der Waals surface area contributed by atoms with Gasteiger partial charge in [0.25, 0.3) is 0 Å². The molecule has 2 aliphatic rings. The van der Waals surface area contributed by atoms with E-state index in [0.29, 0.717) is 45.7 Å². The van der Waals surface area contributed by atoms with Crippen LogP contribution in [0.5, 0.6) is 0 Å². The molecule has 0 saturated heterocycles. The number of nitrogens with one attached hydrogen (secondary N) is 2. The summed E-state index contributed by atoms with van der Waals surface area (Å²) < 4.78 is 10.2. The van der Waals surface area contributed by atoms with E-state index in [-0.39, 0.29) is 30.4 Å². The molecule has 2 unspecified atom stereocenters. The van der Waals surface area contributed by atoms with Gasteiger partial charge in [0.05, 0.1) is 46.1 Å². The van der Waals surface area contributed by atoms with Crippen LogP contribution in [0.1, 0.15) is 98.3 Å². The van der Waals surface area contributed by atoms with E-state index in [9.17, 15) is 9.59 Å². The summed E-state index contributed by atoms with van der Waals surface area (Å²) in [6, 6.07) is 0.251. The molecule has 0 radical (unpaired) electrons. The lowest BCUT2D eigenvalue weighted by Crippen LogP contribution is -2.47. The monoisotopic (exact) mass is 558 g/mol. The lowest BCUT2D eigenvalue weighted by molar-refractivity contribution is -0.303. The molecule has 0 bridgehead atoms. The van der Waals surface area contributed by atoms with Crippen LogP contribution in [0.15, 0.2) is 0 Å². The Kier molecular flexibility index (Phi) is 17.9. The van der Waals surface area contributed by atoms with Crippen molar-refractivity contribution < 1.29 is 38.6 Å². The second-order valence-electron chi connectivity index (χ2n) is 10.7. The Bertz CT molecular complexity index is 651. The summed E-state index contributed by atoms with van der Waals surface area (Å²) >= 11 is 0. The van der Waals surface area contributed by atoms with Crippen molar-refractivity contribution in [2.45, 2.75) is 122 Å². The average molecular weight is 559 g/mol. The Morgan fingerprint density at radius 3 is 1.82 bits per heavy atom. The molecule has 0 aromatic rings. The fourth-order valence-electron chi connectivity index (χ4n) is 5.82. The van der Waals surface area contributed by atoms with E-state index >= 15 is 0 Å². The second-order valence-corrected chi connectivity index (χ2v) is 10.7. The standard InChI is InChI=1S/C29H54N2O8/c1-5-34-28(32)20-27(29(33)35-6-2)31-25-15-11-23(12-16-25)19-22-9-13-24(14-10-22)30-26(21-39-37-8-4)17-18-38-36-7-3/h22-27,30-31H,5-21H2,1-4H3. The zero-order valence-corrected chi connectivity index (χ0v) is 24.8. The summed E-state index contributed by atoms with van der Waals surface area (Å²) in [7, 11) is 0. The van der Waals surface area contributed by atoms with Crippen LogP contribution in [0.2, 0.25) is 0 Å². The lowest BCUT2D eigenvalue weighted by Gasteiger charge is -2.36. The first-order valence-electron chi connectivity index (χ1n) is 15.3. The first-order chi connectivity index (χ1) is 19.0. The van der Waals surface area contributed by atoms with Crippen LogP contribution >= 0.6 is 0 Å². The van der Waals surface area contributed by atoms with Crippen molar-refractivity contribution in [3.63, 3.8) is 0 Å². The van der Waals surface area contributed by atoms with Gasteiger partial charge in [0.1, 0.15) is 6.04 Å². The van der Waals surface area contributed by atoms with Crippen molar-refractivity contribution in [1.82, 2.24) is 10.6 Å². The molecular formula is C29H54N2O8. The normalized spacial score (nSPS) is 25.1. The fourth-order valence-corrected chi connectivity index (χ4v) is 5.82. The summed E-state index contributed by atoms with van der Waals surface area (Å²) in [5.41, 5.74) is 0. The largest absolute Gasteiger partial charge is 0.466 e. The Labute approximate surface area is 235 Å². The van der Waals surface area contributed by atoms with E-state index in [4.69, 9.17) is 29.0 Å². The molecular weight excluding hydrogens is 504 g/mol. The van der Waals surface area contributed by atoms with Crippen LogP contribution in [0.4, 0.5) is 0 Å². The van der Waals surface area contributed by atoms with Crippen molar-refractivity contribution in [2.24, 2.45) is 11.8 Å². The van der Waals surface area contributed by atoms with Crippen LogP contribution in [0, 0.1) is 11.8 Å². The number of esters is 2. The molecule has 10 heteroatoms. The molecule has 2 fully saturated rings. The zero-order chi connectivity index (χ0) is 28.3. The maximum absolute atomic E-state index is 12.4. The van der Waals surface area contributed by atoms with Gasteiger partial charge < -0.3 is 20.1 Å². The van der Waals surface area contributed by atoms with Gasteiger partial charge in [0, 0.05) is 18.1 Å². The van der Waals surface area contributed by atoms with Crippen LogP contribution in [-0.4, -0.2) is 75.7 Å². The summed E-state index contributed by atoms with van der Waals surface area (Å²) in [6.07, 6.45) is 11.3. The number of rotatable bonds is 20. The van der Waals surface area contributed by atoms with Crippen LogP contribution in [0.3, 0.4) is 0 Å². The highest BCUT2D eigenvalue weighted by Crippen LogP contribution is 2.35. The number of carbonyl (C=O) groups is 2. The van der Waals surface area contributed by atoms with E-state index in [1.165, 1.54) is 32.1 Å². The van der Waals surface area contributed by atoms with Gasteiger partial charge in [-0.05, 0) is 104 Å². The van der Waals surface area contributed by atoms with Crippen molar-refractivity contribution in [2.75, 3.05) is 39.6 Å². The Morgan fingerprint density at radius 2 is 1.26 bits per heavy atom. The number of carbonyl (C=O) groups excluding carboxylic acids is 2. The molecule has 0 aromatic carbocycles. The maximum atomic E-state index is 12.4. The van der Waals surface area contributed by atoms with Crippen LogP contribution in [0.25, 0.3) is 0 Å². The molecule has 0 spiro atoms. The summed E-state index contributed by atoms with van der Waals surface area (Å²) in [6.45, 7) is 10.1. The van der Waals surface area contributed by atoms with Crippen molar-refractivity contribution in [1.29, 1.82) is 0 Å². The minimum atomic E-state index is -0.637. The molecule has 228 valence electrons. The van der Waals surface area contributed by atoms with Gasteiger partial charge in [-0.25, -0.2) is 19.6 Å². The molecule has 0 aliphatic heterocycles. The van der Waals surface area contributed by atoms with Gasteiger partial charge >= 0.3 is 11.9 Å². The molecule has 0 heterocycles. The highest BCUT2D eigenvalue weighted by Gasteiger charge is 2.31. The quantitative estimate of drug-likeness (QED) is 0.0973. The van der Waals surface area contributed by atoms with E-state index < -0.39 is 6.04 Å². The van der Waals surface area contributed by atoms with E-state index in [2.05, 4.69) is 10.6 Å². The minimum absolute atomic E-state index is 0.0159. The average Bonchev–Trinajstić information content (AvgIpc) is 2.93. The van der Waals surface area contributed by atoms with E-state index in [1.807, 2.05) is 13.8 Å². The predicted molar refractivity (Wildman–Crippen MR) is 148 cm³/mol. The number of hydrogen-bond donors (Lipinski definition) is 2. The topological polar surface area (TPSA) is 114 Å². The fraction of sp³-hybridized carbons (Fsp3) is 0.931. The van der Waals surface area contributed by atoms with Crippen molar-refractivity contribution in [3.05, 3.63) is 0 Å². The van der Waals surface area contributed by atoms with Gasteiger partial charge in [-0.2, -0.15) is 0 Å². The third-order valence-electron chi connectivity index (χ3n) is 7.74. The number of ether oxygens (including phenoxy) is 2. The molecule has 39 heavy (non-hydrogen) atoms. The molecule has 2 saturated carbocycles. The minimum Gasteiger partial charge on any atom is -0.466 e. The molecule has 10 nitrogen and oxygen atoms in total. The van der Waals surface area contributed by atoms with E-state index in [0.717, 1.165) is 43.9 Å². The van der Waals surface area contributed by atoms with Crippen LogP contribution < -0.4 is 10.6 Å². The highest BCUT2D eigenvalue weighted by atomic mass is 17.2. The smallest absolute Gasteiger partial charge is 0.323 e. The summed E-state index contributed by atoms with van der Waals surface area (Å²) in [5, 5.41) is 7.16. The summed E-state index contributed by atoms with van der Waals surface area (Å²) in [5.74, 6) is 0.764. The molecule has 2 rings (SSSR count). The third-order valence-corrected chi connectivity index (χ3v) is 7.74. The predicted octanol–water partition coefficient (Wildman–Crippen LogP) is 4.25. The summed E-state index contributed by atoms with van der Waals surface area (Å²) in [4.78, 5) is 45.0. The van der Waals surface area contributed by atoms with Gasteiger partial charge in [0.15, 0.2) is 0 Å². The van der Waals surface area contributed by atoms with E-state index in [1.54, 1.807) is 13.8 Å². The molecule has 0 aromatic heterocycles. The zero-order valence-electron chi connectivity index (χ0n) is 24.8. The lowest BCUT2D eigenvalue weighted by atomic mass is 9.75. The molecule has 2 atom stereocenters. The Morgan fingerprint density at radius 1 is 0.692 bits per heavy atom. The van der Waals surface area contributed by atoms with Gasteiger partial charge in [-0.15, -0.1) is 0 Å². The second kappa shape index (κ2) is 20.6. The van der Waals surface area contributed by atoms with Gasteiger partial charge in [-0.1, -0.05) is 0 Å². The SMILES string of the molecule is CCOOCCC(COOCC)NC1CCC(CC2CCC(NC(CC(=O)OCC)C(=O)OCC)CC2)CC1. The Balaban J connectivity index is 1.70.